The molecule has 0 aliphatic carbocycles. The number of carbonyl (C=O) groups excluding carboxylic acids is 3. The van der Waals surface area contributed by atoms with Gasteiger partial charge in [-0.2, -0.15) is 0 Å². The van der Waals surface area contributed by atoms with Crippen molar-refractivity contribution in [1.82, 2.24) is 15.2 Å². The molecule has 0 unspecified atom stereocenters. The van der Waals surface area contributed by atoms with Gasteiger partial charge >= 0.3 is 6.03 Å². The lowest BCUT2D eigenvalue weighted by Crippen LogP contribution is -2.38. The van der Waals surface area contributed by atoms with E-state index in [1.54, 1.807) is 22.1 Å². The molecule has 9 nitrogen and oxygen atoms in total. The zero-order chi connectivity index (χ0) is 24.9. The number of benzene rings is 1. The van der Waals surface area contributed by atoms with Crippen molar-refractivity contribution in [2.75, 3.05) is 23.3 Å². The molecule has 35 heavy (non-hydrogen) atoms. The van der Waals surface area contributed by atoms with Crippen LogP contribution in [0, 0.1) is 6.92 Å². The zero-order valence-corrected chi connectivity index (χ0v) is 20.9. The van der Waals surface area contributed by atoms with Crippen LogP contribution in [0.2, 0.25) is 0 Å². The normalized spacial score (nSPS) is 17.2. The Hall–Kier alpha value is -3.66. The van der Waals surface area contributed by atoms with Crippen LogP contribution in [0.1, 0.15) is 42.4 Å². The van der Waals surface area contributed by atoms with E-state index in [4.69, 9.17) is 4.74 Å². The van der Waals surface area contributed by atoms with Crippen LogP contribution < -0.4 is 20.3 Å². The number of rotatable bonds is 5. The van der Waals surface area contributed by atoms with E-state index in [-0.39, 0.29) is 30.0 Å². The quantitative estimate of drug-likeness (QED) is 0.547. The number of thiophene rings is 1. The summed E-state index contributed by atoms with van der Waals surface area (Å²) in [7, 11) is 0. The topological polar surface area (TPSA) is 104 Å². The smallest absolute Gasteiger partial charge is 0.331 e. The van der Waals surface area contributed by atoms with Gasteiger partial charge in [-0.3, -0.25) is 14.5 Å². The maximum Gasteiger partial charge on any atom is 0.331 e. The zero-order valence-electron chi connectivity index (χ0n) is 20.0. The summed E-state index contributed by atoms with van der Waals surface area (Å²) in [6.45, 7) is 8.50. The molecule has 2 aliphatic rings. The monoisotopic (exact) mass is 493 g/mol. The second-order valence-corrected chi connectivity index (χ2v) is 10.1. The molecule has 1 saturated heterocycles. The predicted molar refractivity (Wildman–Crippen MR) is 136 cm³/mol. The van der Waals surface area contributed by atoms with Crippen LogP contribution in [-0.2, 0) is 4.79 Å². The number of ether oxygens (including phenoxy) is 1. The van der Waals surface area contributed by atoms with Gasteiger partial charge in [0.1, 0.15) is 15.5 Å². The molecule has 5 rings (SSSR count). The summed E-state index contributed by atoms with van der Waals surface area (Å²) in [5, 5.41) is 6.68. The third-order valence-electron chi connectivity index (χ3n) is 6.20. The first-order chi connectivity index (χ1) is 16.7. The average Bonchev–Trinajstić information content (AvgIpc) is 3.40. The number of hydrogen-bond donors (Lipinski definition) is 2. The van der Waals surface area contributed by atoms with Crippen molar-refractivity contribution >= 4 is 56.5 Å². The Morgan fingerprint density at radius 2 is 2.06 bits per heavy atom. The minimum absolute atomic E-state index is 0.000930. The van der Waals surface area contributed by atoms with E-state index in [0.29, 0.717) is 40.6 Å². The average molecular weight is 494 g/mol. The van der Waals surface area contributed by atoms with E-state index in [1.807, 2.05) is 39.0 Å². The van der Waals surface area contributed by atoms with Crippen LogP contribution in [0.15, 0.2) is 30.5 Å². The maximum atomic E-state index is 13.3. The van der Waals surface area contributed by atoms with Gasteiger partial charge in [-0.1, -0.05) is 0 Å². The summed E-state index contributed by atoms with van der Waals surface area (Å²) >= 11 is 1.25. The summed E-state index contributed by atoms with van der Waals surface area (Å²) in [5.41, 5.74) is 2.76. The number of anilines is 3. The number of nitrogens with zero attached hydrogens (tertiary/aromatic N) is 3. The van der Waals surface area contributed by atoms with Crippen molar-refractivity contribution in [3.63, 3.8) is 0 Å². The van der Waals surface area contributed by atoms with Gasteiger partial charge in [0.15, 0.2) is 0 Å². The summed E-state index contributed by atoms with van der Waals surface area (Å²) in [5.74, 6) is 0.465. The lowest BCUT2D eigenvalue weighted by molar-refractivity contribution is -0.127. The summed E-state index contributed by atoms with van der Waals surface area (Å²) in [4.78, 5) is 47.0. The standard InChI is InChI=1S/C25H27N5O4S/c1-13(2)34-17-5-6-18(14(3)11-17)30-19-7-9-26-24-20(19)21(28-25(30)33)22(35-24)23(32)27-16-8-10-29(12-16)15(4)31/h5-7,9,11,13,16H,8,10,12H2,1-4H3,(H,27,32)(H,28,33)/t16-/m1/s1. The molecule has 0 saturated carbocycles. The fourth-order valence-corrected chi connectivity index (χ4v) is 5.65. The Balaban J connectivity index is 1.49. The molecule has 0 spiro atoms. The minimum Gasteiger partial charge on any atom is -0.491 e. The van der Waals surface area contributed by atoms with E-state index >= 15 is 0 Å². The highest BCUT2D eigenvalue weighted by Crippen LogP contribution is 2.46. The highest BCUT2D eigenvalue weighted by atomic mass is 32.1. The SMILES string of the molecule is CC(=O)N1CC[C@@H](NC(=O)c2sc3nccc4c3c2NC(=O)N4c2ccc(OC(C)C)cc2C)C1. The Labute approximate surface area is 207 Å². The fourth-order valence-electron chi connectivity index (χ4n) is 4.62. The molecule has 2 aliphatic heterocycles. The Morgan fingerprint density at radius 3 is 2.74 bits per heavy atom. The minimum atomic E-state index is -0.346. The number of hydrogen-bond acceptors (Lipinski definition) is 6. The summed E-state index contributed by atoms with van der Waals surface area (Å²) < 4.78 is 5.79. The second-order valence-electron chi connectivity index (χ2n) is 9.12. The van der Waals surface area contributed by atoms with Crippen LogP contribution in [0.3, 0.4) is 0 Å². The third kappa shape index (κ3) is 4.18. The van der Waals surface area contributed by atoms with Crippen molar-refractivity contribution in [2.45, 2.75) is 46.3 Å². The van der Waals surface area contributed by atoms with Crippen molar-refractivity contribution in [3.8, 4) is 5.75 Å². The van der Waals surface area contributed by atoms with Gasteiger partial charge in [0.25, 0.3) is 5.91 Å². The molecule has 182 valence electrons. The van der Waals surface area contributed by atoms with Gasteiger partial charge in [-0.25, -0.2) is 9.78 Å². The largest absolute Gasteiger partial charge is 0.491 e. The first-order valence-corrected chi connectivity index (χ1v) is 12.4. The first kappa shape index (κ1) is 23.1. The molecule has 1 atom stereocenters. The fraction of sp³-hybridized carbons (Fsp3) is 0.360. The van der Waals surface area contributed by atoms with E-state index in [9.17, 15) is 14.4 Å². The highest BCUT2D eigenvalue weighted by Gasteiger charge is 2.34. The van der Waals surface area contributed by atoms with Crippen LogP contribution >= 0.6 is 11.3 Å². The highest BCUT2D eigenvalue weighted by molar-refractivity contribution is 7.21. The molecule has 0 radical (unpaired) electrons. The van der Waals surface area contributed by atoms with Crippen molar-refractivity contribution in [1.29, 1.82) is 0 Å². The van der Waals surface area contributed by atoms with Crippen LogP contribution in [0.5, 0.6) is 5.75 Å². The predicted octanol–water partition coefficient (Wildman–Crippen LogP) is 4.43. The lowest BCUT2D eigenvalue weighted by atomic mass is 10.1. The molecule has 3 aromatic rings. The lowest BCUT2D eigenvalue weighted by Gasteiger charge is -2.29. The van der Waals surface area contributed by atoms with E-state index in [0.717, 1.165) is 22.4 Å². The van der Waals surface area contributed by atoms with Crippen LogP contribution in [0.4, 0.5) is 21.9 Å². The molecule has 1 aromatic carbocycles. The van der Waals surface area contributed by atoms with Crippen molar-refractivity contribution in [2.24, 2.45) is 0 Å². The summed E-state index contributed by atoms with van der Waals surface area (Å²) in [6.07, 6.45) is 2.40. The molecule has 4 heterocycles. The number of likely N-dealkylation sites (tertiary alicyclic amines) is 1. The van der Waals surface area contributed by atoms with Gasteiger partial charge in [-0.05, 0) is 57.0 Å². The van der Waals surface area contributed by atoms with Crippen molar-refractivity contribution in [3.05, 3.63) is 40.9 Å². The van der Waals surface area contributed by atoms with Crippen LogP contribution in [-0.4, -0.2) is 53.0 Å². The molecule has 2 N–H and O–H groups in total. The van der Waals surface area contributed by atoms with Gasteiger partial charge in [0, 0.05) is 32.3 Å². The maximum absolute atomic E-state index is 13.3. The van der Waals surface area contributed by atoms with Crippen LogP contribution in [0.25, 0.3) is 10.2 Å². The van der Waals surface area contributed by atoms with E-state index in [2.05, 4.69) is 15.6 Å². The Kier molecular flexibility index (Phi) is 5.84. The number of nitrogens with one attached hydrogen (secondary N) is 2. The molecular formula is C25H27N5O4S. The van der Waals surface area contributed by atoms with Crippen molar-refractivity contribution < 1.29 is 19.1 Å². The molecular weight excluding hydrogens is 466 g/mol. The Morgan fingerprint density at radius 1 is 1.26 bits per heavy atom. The van der Waals surface area contributed by atoms with Gasteiger partial charge < -0.3 is 20.3 Å². The van der Waals surface area contributed by atoms with Gasteiger partial charge in [0.05, 0.1) is 28.6 Å². The van der Waals surface area contributed by atoms with E-state index in [1.165, 1.54) is 18.3 Å². The molecule has 4 amide bonds. The number of pyridine rings is 1. The number of aryl methyl sites for hydroxylation is 1. The summed E-state index contributed by atoms with van der Waals surface area (Å²) in [6, 6.07) is 6.95. The molecule has 2 aromatic heterocycles. The second kappa shape index (κ2) is 8.84. The first-order valence-electron chi connectivity index (χ1n) is 11.6. The Bertz CT molecular complexity index is 1350. The number of urea groups is 1. The molecule has 1 fully saturated rings. The van der Waals surface area contributed by atoms with Gasteiger partial charge in [-0.15, -0.1) is 11.3 Å². The third-order valence-corrected chi connectivity index (χ3v) is 7.30. The molecule has 10 heteroatoms. The number of aromatic nitrogens is 1. The van der Waals surface area contributed by atoms with E-state index < -0.39 is 0 Å². The number of carbonyl (C=O) groups is 3. The molecule has 0 bridgehead atoms. The van der Waals surface area contributed by atoms with Gasteiger partial charge in [0.2, 0.25) is 5.91 Å². The number of amides is 4.